The Morgan fingerprint density at radius 2 is 2.00 bits per heavy atom. The number of hydrogen-bond acceptors (Lipinski definition) is 2. The van der Waals surface area contributed by atoms with E-state index in [0.717, 1.165) is 10.4 Å². The van der Waals surface area contributed by atoms with Crippen LogP contribution in [0.25, 0.3) is 0 Å². The third-order valence-electron chi connectivity index (χ3n) is 4.14. The fourth-order valence-electron chi connectivity index (χ4n) is 2.93. The predicted octanol–water partition coefficient (Wildman–Crippen LogP) is 4.37. The van der Waals surface area contributed by atoms with Crippen molar-refractivity contribution in [1.82, 2.24) is 4.90 Å². The molecule has 0 aliphatic carbocycles. The van der Waals surface area contributed by atoms with Gasteiger partial charge in [0.15, 0.2) is 0 Å². The van der Waals surface area contributed by atoms with Crippen molar-refractivity contribution in [2.45, 2.75) is 39.2 Å². The van der Waals surface area contributed by atoms with E-state index in [1.54, 1.807) is 0 Å². The summed E-state index contributed by atoms with van der Waals surface area (Å²) in [5, 5.41) is 3.66. The quantitative estimate of drug-likeness (QED) is 0.865. The Bertz CT molecular complexity index is 386. The van der Waals surface area contributed by atoms with Gasteiger partial charge in [0.1, 0.15) is 0 Å². The molecule has 19 heavy (non-hydrogen) atoms. The molecule has 106 valence electrons. The summed E-state index contributed by atoms with van der Waals surface area (Å²) in [7, 11) is 0. The summed E-state index contributed by atoms with van der Waals surface area (Å²) in [6, 6.07) is 8.93. The zero-order valence-electron chi connectivity index (χ0n) is 12.0. The molecule has 3 heteroatoms. The number of rotatable bonds is 5. The van der Waals surface area contributed by atoms with Crippen LogP contribution in [0.15, 0.2) is 28.7 Å². The Morgan fingerprint density at radius 3 is 2.63 bits per heavy atom. The topological polar surface area (TPSA) is 15.3 Å². The highest BCUT2D eigenvalue weighted by molar-refractivity contribution is 9.10. The van der Waals surface area contributed by atoms with Crippen LogP contribution in [0.2, 0.25) is 0 Å². The lowest BCUT2D eigenvalue weighted by molar-refractivity contribution is 0.176. The van der Waals surface area contributed by atoms with Gasteiger partial charge in [-0.1, -0.05) is 19.1 Å². The molecule has 2 rings (SSSR count). The van der Waals surface area contributed by atoms with E-state index in [1.807, 2.05) is 0 Å². The normalized spacial score (nSPS) is 19.3. The van der Waals surface area contributed by atoms with E-state index in [-0.39, 0.29) is 0 Å². The zero-order chi connectivity index (χ0) is 13.7. The number of para-hydroxylation sites is 1. The molecule has 1 aromatic carbocycles. The number of benzene rings is 1. The second-order valence-electron chi connectivity index (χ2n) is 5.59. The van der Waals surface area contributed by atoms with Gasteiger partial charge in [-0.3, -0.25) is 0 Å². The molecule has 1 heterocycles. The minimum Gasteiger partial charge on any atom is -0.381 e. The maximum Gasteiger partial charge on any atom is 0.0486 e. The molecule has 0 bridgehead atoms. The molecule has 0 amide bonds. The summed E-state index contributed by atoms with van der Waals surface area (Å²) < 4.78 is 1.16. The van der Waals surface area contributed by atoms with Crippen molar-refractivity contribution in [3.05, 3.63) is 28.7 Å². The highest BCUT2D eigenvalue weighted by Crippen LogP contribution is 2.27. The van der Waals surface area contributed by atoms with Crippen molar-refractivity contribution in [2.24, 2.45) is 5.92 Å². The van der Waals surface area contributed by atoms with Gasteiger partial charge in [0, 0.05) is 16.2 Å². The van der Waals surface area contributed by atoms with Crippen LogP contribution in [0.3, 0.4) is 0 Å². The zero-order valence-corrected chi connectivity index (χ0v) is 13.6. The lowest BCUT2D eigenvalue weighted by atomic mass is 9.90. The summed E-state index contributed by atoms with van der Waals surface area (Å²) in [5.74, 6) is 0.792. The Labute approximate surface area is 125 Å². The second-order valence-corrected chi connectivity index (χ2v) is 6.45. The van der Waals surface area contributed by atoms with Crippen molar-refractivity contribution in [3.8, 4) is 0 Å². The molecule has 0 aromatic heterocycles. The average molecular weight is 325 g/mol. The Hall–Kier alpha value is -0.540. The average Bonchev–Trinajstić information content (AvgIpc) is 2.42. The number of anilines is 1. The van der Waals surface area contributed by atoms with Crippen molar-refractivity contribution < 1.29 is 0 Å². The van der Waals surface area contributed by atoms with Crippen LogP contribution in [0.4, 0.5) is 5.69 Å². The Morgan fingerprint density at radius 1 is 1.32 bits per heavy atom. The molecular formula is C16H25BrN2. The Balaban J connectivity index is 1.85. The van der Waals surface area contributed by atoms with Crippen LogP contribution in [0, 0.1) is 5.92 Å². The molecule has 1 unspecified atom stereocenters. The molecule has 1 N–H and O–H groups in total. The lowest BCUT2D eigenvalue weighted by Gasteiger charge is -2.35. The number of likely N-dealkylation sites (tertiary alicyclic amines) is 1. The van der Waals surface area contributed by atoms with Gasteiger partial charge in [-0.2, -0.15) is 0 Å². The van der Waals surface area contributed by atoms with E-state index >= 15 is 0 Å². The van der Waals surface area contributed by atoms with Crippen LogP contribution < -0.4 is 5.32 Å². The maximum atomic E-state index is 3.66. The van der Waals surface area contributed by atoms with E-state index in [1.165, 1.54) is 44.6 Å². The number of halogens is 1. The van der Waals surface area contributed by atoms with Crippen molar-refractivity contribution in [3.63, 3.8) is 0 Å². The van der Waals surface area contributed by atoms with E-state index in [0.29, 0.717) is 6.04 Å². The van der Waals surface area contributed by atoms with Crippen LogP contribution in [-0.2, 0) is 0 Å². The van der Waals surface area contributed by atoms with Crippen molar-refractivity contribution in [1.29, 1.82) is 0 Å². The van der Waals surface area contributed by atoms with E-state index in [2.05, 4.69) is 64.3 Å². The van der Waals surface area contributed by atoms with Gasteiger partial charge in [-0.05, 0) is 79.8 Å². The van der Waals surface area contributed by atoms with Crippen molar-refractivity contribution >= 4 is 21.6 Å². The van der Waals surface area contributed by atoms with Gasteiger partial charge in [0.25, 0.3) is 0 Å². The maximum absolute atomic E-state index is 3.66. The molecule has 1 fully saturated rings. The first-order chi connectivity index (χ1) is 9.20. The highest BCUT2D eigenvalue weighted by atomic mass is 79.9. The minimum absolute atomic E-state index is 0.544. The van der Waals surface area contributed by atoms with Gasteiger partial charge in [-0.15, -0.1) is 0 Å². The fraction of sp³-hybridized carbons (Fsp3) is 0.625. The first-order valence-electron chi connectivity index (χ1n) is 7.44. The molecule has 1 saturated heterocycles. The van der Waals surface area contributed by atoms with Crippen LogP contribution in [-0.4, -0.2) is 30.6 Å². The number of hydrogen-bond donors (Lipinski definition) is 1. The molecule has 0 spiro atoms. The van der Waals surface area contributed by atoms with Crippen LogP contribution in [0.1, 0.15) is 33.1 Å². The summed E-state index contributed by atoms with van der Waals surface area (Å²) in [5.41, 5.74) is 1.21. The van der Waals surface area contributed by atoms with Gasteiger partial charge in [-0.25, -0.2) is 0 Å². The standard InChI is InChI=1S/C16H25BrN2/c1-3-10-19-11-8-14(9-12-19)13(2)18-16-7-5-4-6-15(16)17/h4-7,13-14,18H,3,8-12H2,1-2H3. The smallest absolute Gasteiger partial charge is 0.0486 e. The van der Waals surface area contributed by atoms with Gasteiger partial charge in [0.05, 0.1) is 0 Å². The molecule has 1 aliphatic rings. The molecule has 2 nitrogen and oxygen atoms in total. The van der Waals surface area contributed by atoms with E-state index < -0.39 is 0 Å². The number of nitrogens with one attached hydrogen (secondary N) is 1. The monoisotopic (exact) mass is 324 g/mol. The molecule has 1 atom stereocenters. The second kappa shape index (κ2) is 7.30. The van der Waals surface area contributed by atoms with Crippen LogP contribution >= 0.6 is 15.9 Å². The fourth-order valence-corrected chi connectivity index (χ4v) is 3.33. The number of nitrogens with zero attached hydrogens (tertiary/aromatic N) is 1. The van der Waals surface area contributed by atoms with Crippen molar-refractivity contribution in [2.75, 3.05) is 25.0 Å². The first kappa shape index (κ1) is 14.9. The summed E-state index contributed by atoms with van der Waals surface area (Å²) >= 11 is 3.61. The summed E-state index contributed by atoms with van der Waals surface area (Å²) in [6.07, 6.45) is 3.91. The molecule has 0 saturated carbocycles. The molecule has 1 aliphatic heterocycles. The first-order valence-corrected chi connectivity index (χ1v) is 8.23. The predicted molar refractivity (Wildman–Crippen MR) is 86.7 cm³/mol. The lowest BCUT2D eigenvalue weighted by Crippen LogP contribution is -2.39. The van der Waals surface area contributed by atoms with E-state index in [9.17, 15) is 0 Å². The van der Waals surface area contributed by atoms with Gasteiger partial charge in [0.2, 0.25) is 0 Å². The molecular weight excluding hydrogens is 300 g/mol. The van der Waals surface area contributed by atoms with Gasteiger partial charge < -0.3 is 10.2 Å². The summed E-state index contributed by atoms with van der Waals surface area (Å²) in [4.78, 5) is 2.60. The number of piperidine rings is 1. The molecule has 1 aromatic rings. The SMILES string of the molecule is CCCN1CCC(C(C)Nc2ccccc2Br)CC1. The third-order valence-corrected chi connectivity index (χ3v) is 4.83. The largest absolute Gasteiger partial charge is 0.381 e. The summed E-state index contributed by atoms with van der Waals surface area (Å²) in [6.45, 7) is 8.38. The van der Waals surface area contributed by atoms with Gasteiger partial charge >= 0.3 is 0 Å². The van der Waals surface area contributed by atoms with Crippen LogP contribution in [0.5, 0.6) is 0 Å². The molecule has 0 radical (unpaired) electrons. The minimum atomic E-state index is 0.544. The Kier molecular flexibility index (Phi) is 5.71. The third kappa shape index (κ3) is 4.22. The van der Waals surface area contributed by atoms with E-state index in [4.69, 9.17) is 0 Å². The highest BCUT2D eigenvalue weighted by Gasteiger charge is 2.23.